The monoisotopic (exact) mass is 183 g/mol. The Morgan fingerprint density at radius 3 is 2.77 bits per heavy atom. The van der Waals surface area contributed by atoms with E-state index in [-0.39, 0.29) is 11.4 Å². The van der Waals surface area contributed by atoms with Gasteiger partial charge in [-0.3, -0.25) is 0 Å². The lowest BCUT2D eigenvalue weighted by Crippen LogP contribution is -1.94. The Morgan fingerprint density at radius 2 is 2.15 bits per heavy atom. The van der Waals surface area contributed by atoms with E-state index in [0.717, 1.165) is 12.8 Å². The summed E-state index contributed by atoms with van der Waals surface area (Å²) in [6.07, 6.45) is 2.65. The van der Waals surface area contributed by atoms with Crippen LogP contribution in [0.1, 0.15) is 25.3 Å². The Morgan fingerprint density at radius 1 is 1.46 bits per heavy atom. The quantitative estimate of drug-likeness (QED) is 0.707. The third-order valence-electron chi connectivity index (χ3n) is 2.00. The van der Waals surface area contributed by atoms with Gasteiger partial charge in [-0.1, -0.05) is 13.3 Å². The van der Waals surface area contributed by atoms with Gasteiger partial charge < -0.3 is 10.8 Å². The number of nitrogens with two attached hydrogens (primary N) is 1. The zero-order chi connectivity index (χ0) is 9.84. The van der Waals surface area contributed by atoms with Crippen molar-refractivity contribution in [2.24, 2.45) is 0 Å². The molecule has 1 aromatic carbocycles. The van der Waals surface area contributed by atoms with Crippen LogP contribution in [-0.4, -0.2) is 5.11 Å². The summed E-state index contributed by atoms with van der Waals surface area (Å²) in [6.45, 7) is 2.05. The van der Waals surface area contributed by atoms with Crippen molar-refractivity contribution in [3.05, 3.63) is 23.5 Å². The second-order valence-corrected chi connectivity index (χ2v) is 3.11. The summed E-state index contributed by atoms with van der Waals surface area (Å²) in [6, 6.07) is 2.57. The zero-order valence-electron chi connectivity index (χ0n) is 7.68. The van der Waals surface area contributed by atoms with Crippen molar-refractivity contribution in [1.82, 2.24) is 0 Å². The Balaban J connectivity index is 2.88. The fourth-order valence-corrected chi connectivity index (χ4v) is 1.19. The van der Waals surface area contributed by atoms with Gasteiger partial charge in [0.2, 0.25) is 0 Å². The number of phenols is 1. The van der Waals surface area contributed by atoms with Crippen molar-refractivity contribution >= 4 is 5.69 Å². The topological polar surface area (TPSA) is 46.2 Å². The van der Waals surface area contributed by atoms with Crippen LogP contribution < -0.4 is 5.73 Å². The first-order chi connectivity index (χ1) is 6.15. The SMILES string of the molecule is CCCCc1cc(F)c(N)cc1O. The summed E-state index contributed by atoms with van der Waals surface area (Å²) in [4.78, 5) is 0. The Kier molecular flexibility index (Phi) is 3.12. The van der Waals surface area contributed by atoms with E-state index in [0.29, 0.717) is 12.0 Å². The first-order valence-electron chi connectivity index (χ1n) is 4.42. The van der Waals surface area contributed by atoms with Crippen LogP contribution in [0, 0.1) is 5.82 Å². The van der Waals surface area contributed by atoms with Gasteiger partial charge in [0.1, 0.15) is 11.6 Å². The molecular weight excluding hydrogens is 169 g/mol. The molecule has 0 unspecified atom stereocenters. The molecule has 3 heteroatoms. The summed E-state index contributed by atoms with van der Waals surface area (Å²) in [7, 11) is 0. The van der Waals surface area contributed by atoms with Gasteiger partial charge in [0.05, 0.1) is 5.69 Å². The number of phenolic OH excluding ortho intramolecular Hbond substituents is 1. The van der Waals surface area contributed by atoms with E-state index in [1.165, 1.54) is 12.1 Å². The molecule has 0 bridgehead atoms. The van der Waals surface area contributed by atoms with E-state index < -0.39 is 5.82 Å². The summed E-state index contributed by atoms with van der Waals surface area (Å²) in [5.41, 5.74) is 5.91. The number of halogens is 1. The van der Waals surface area contributed by atoms with E-state index in [1.54, 1.807) is 0 Å². The van der Waals surface area contributed by atoms with Crippen molar-refractivity contribution in [3.63, 3.8) is 0 Å². The fourth-order valence-electron chi connectivity index (χ4n) is 1.19. The maximum absolute atomic E-state index is 13.0. The number of rotatable bonds is 3. The van der Waals surface area contributed by atoms with E-state index >= 15 is 0 Å². The van der Waals surface area contributed by atoms with Gasteiger partial charge in [0.15, 0.2) is 0 Å². The van der Waals surface area contributed by atoms with Crippen LogP contribution in [0.25, 0.3) is 0 Å². The Hall–Kier alpha value is -1.25. The first kappa shape index (κ1) is 9.84. The van der Waals surface area contributed by atoms with Gasteiger partial charge >= 0.3 is 0 Å². The predicted octanol–water partition coefficient (Wildman–Crippen LogP) is 2.46. The van der Waals surface area contributed by atoms with Crippen LogP contribution >= 0.6 is 0 Å². The van der Waals surface area contributed by atoms with Crippen molar-refractivity contribution in [1.29, 1.82) is 0 Å². The lowest BCUT2D eigenvalue weighted by atomic mass is 10.1. The highest BCUT2D eigenvalue weighted by Crippen LogP contribution is 2.24. The Bertz CT molecular complexity index is 299. The van der Waals surface area contributed by atoms with Crippen LogP contribution in [0.5, 0.6) is 5.75 Å². The normalized spacial score (nSPS) is 10.3. The largest absolute Gasteiger partial charge is 0.508 e. The molecule has 0 atom stereocenters. The first-order valence-corrected chi connectivity index (χ1v) is 4.42. The second kappa shape index (κ2) is 4.12. The molecule has 0 aromatic heterocycles. The average Bonchev–Trinajstić information content (AvgIpc) is 2.09. The van der Waals surface area contributed by atoms with E-state index in [4.69, 9.17) is 5.73 Å². The highest BCUT2D eigenvalue weighted by atomic mass is 19.1. The van der Waals surface area contributed by atoms with E-state index in [9.17, 15) is 9.50 Å². The van der Waals surface area contributed by atoms with E-state index in [1.807, 2.05) is 6.92 Å². The van der Waals surface area contributed by atoms with Gasteiger partial charge in [-0.25, -0.2) is 4.39 Å². The molecule has 72 valence electrons. The van der Waals surface area contributed by atoms with Crippen LogP contribution in [0.4, 0.5) is 10.1 Å². The van der Waals surface area contributed by atoms with Gasteiger partial charge in [-0.2, -0.15) is 0 Å². The van der Waals surface area contributed by atoms with E-state index in [2.05, 4.69) is 0 Å². The van der Waals surface area contributed by atoms with Gasteiger partial charge in [0.25, 0.3) is 0 Å². The summed E-state index contributed by atoms with van der Waals surface area (Å²) in [5, 5.41) is 9.40. The van der Waals surface area contributed by atoms with Crippen LogP contribution in [0.3, 0.4) is 0 Å². The molecule has 0 heterocycles. The van der Waals surface area contributed by atoms with Gasteiger partial charge in [0, 0.05) is 6.07 Å². The summed E-state index contributed by atoms with van der Waals surface area (Å²) < 4.78 is 13.0. The maximum Gasteiger partial charge on any atom is 0.146 e. The third kappa shape index (κ3) is 2.34. The highest BCUT2D eigenvalue weighted by Gasteiger charge is 2.05. The average molecular weight is 183 g/mol. The number of anilines is 1. The number of hydrogen-bond acceptors (Lipinski definition) is 2. The standard InChI is InChI=1S/C10H14FNO/c1-2-3-4-7-5-8(11)9(12)6-10(7)13/h5-6,13H,2-4,12H2,1H3. The van der Waals surface area contributed by atoms with Crippen molar-refractivity contribution in [3.8, 4) is 5.75 Å². The van der Waals surface area contributed by atoms with Crippen LogP contribution in [-0.2, 0) is 6.42 Å². The van der Waals surface area contributed by atoms with Crippen molar-refractivity contribution in [2.75, 3.05) is 5.73 Å². The molecular formula is C10H14FNO. The molecule has 0 aliphatic rings. The molecule has 0 fully saturated rings. The molecule has 0 aliphatic heterocycles. The fraction of sp³-hybridized carbons (Fsp3) is 0.400. The zero-order valence-corrected chi connectivity index (χ0v) is 7.68. The number of unbranched alkanes of at least 4 members (excludes halogenated alkanes) is 1. The summed E-state index contributed by atoms with van der Waals surface area (Å²) >= 11 is 0. The van der Waals surface area contributed by atoms with Crippen LogP contribution in [0.2, 0.25) is 0 Å². The molecule has 0 spiro atoms. The molecule has 0 radical (unpaired) electrons. The van der Waals surface area contributed by atoms with Crippen LogP contribution in [0.15, 0.2) is 12.1 Å². The minimum absolute atomic E-state index is 0.00208. The molecule has 1 rings (SSSR count). The van der Waals surface area contributed by atoms with Crippen molar-refractivity contribution < 1.29 is 9.50 Å². The number of hydrogen-bond donors (Lipinski definition) is 2. The molecule has 3 N–H and O–H groups in total. The maximum atomic E-state index is 13.0. The predicted molar refractivity (Wildman–Crippen MR) is 51.1 cm³/mol. The number of aryl methyl sites for hydroxylation is 1. The smallest absolute Gasteiger partial charge is 0.146 e. The molecule has 13 heavy (non-hydrogen) atoms. The molecule has 0 aliphatic carbocycles. The van der Waals surface area contributed by atoms with Gasteiger partial charge in [-0.05, 0) is 24.5 Å². The number of aromatic hydroxyl groups is 1. The molecule has 2 nitrogen and oxygen atoms in total. The molecule has 0 saturated heterocycles. The lowest BCUT2D eigenvalue weighted by Gasteiger charge is -2.05. The third-order valence-corrected chi connectivity index (χ3v) is 2.00. The minimum Gasteiger partial charge on any atom is -0.508 e. The van der Waals surface area contributed by atoms with Crippen molar-refractivity contribution in [2.45, 2.75) is 26.2 Å². The molecule has 0 saturated carbocycles. The molecule has 1 aromatic rings. The minimum atomic E-state index is -0.455. The second-order valence-electron chi connectivity index (χ2n) is 3.11. The number of benzene rings is 1. The lowest BCUT2D eigenvalue weighted by molar-refractivity contribution is 0.465. The summed E-state index contributed by atoms with van der Waals surface area (Å²) in [5.74, 6) is -0.365. The molecule has 0 amide bonds. The highest BCUT2D eigenvalue weighted by molar-refractivity contribution is 5.49. The van der Waals surface area contributed by atoms with Gasteiger partial charge in [-0.15, -0.1) is 0 Å². The number of nitrogen functional groups attached to an aromatic ring is 1. The Labute approximate surface area is 77.2 Å².